The lowest BCUT2D eigenvalue weighted by Crippen LogP contribution is -2.51. The Morgan fingerprint density at radius 3 is 2.63 bits per heavy atom. The first-order valence-electron chi connectivity index (χ1n) is 10.7. The number of pyridine rings is 1. The lowest BCUT2D eigenvalue weighted by atomic mass is 9.90. The molecule has 3 heterocycles. The first-order chi connectivity index (χ1) is 16.4. The van der Waals surface area contributed by atoms with Gasteiger partial charge in [0.2, 0.25) is 5.91 Å². The van der Waals surface area contributed by atoms with Crippen LogP contribution < -0.4 is 19.7 Å². The average molecular weight is 521 g/mol. The van der Waals surface area contributed by atoms with Gasteiger partial charge in [0.15, 0.2) is 11.7 Å². The number of nitrogens with zero attached hydrogens (tertiary/aromatic N) is 3. The van der Waals surface area contributed by atoms with Crippen molar-refractivity contribution in [1.82, 2.24) is 9.71 Å². The van der Waals surface area contributed by atoms with Crippen LogP contribution in [0.4, 0.5) is 17.2 Å². The number of amides is 1. The van der Waals surface area contributed by atoms with E-state index in [0.717, 1.165) is 6.07 Å². The maximum absolute atomic E-state index is 13.4. The van der Waals surface area contributed by atoms with Crippen molar-refractivity contribution < 1.29 is 26.4 Å². The Morgan fingerprint density at radius 1 is 1.20 bits per heavy atom. The summed E-state index contributed by atoms with van der Waals surface area (Å²) in [6, 6.07) is 6.89. The zero-order valence-electron chi connectivity index (χ0n) is 19.1. The molecular formula is C21H24N6O6S2. The van der Waals surface area contributed by atoms with Crippen molar-refractivity contribution in [3.8, 4) is 0 Å². The number of fused-ring (bicyclic) bond motifs is 2. The molecule has 2 aliphatic heterocycles. The van der Waals surface area contributed by atoms with E-state index in [0.29, 0.717) is 13.0 Å². The third kappa shape index (κ3) is 4.76. The fourth-order valence-electron chi connectivity index (χ4n) is 3.75. The molecule has 2 aliphatic rings. The Kier molecular flexibility index (Phi) is 6.38. The minimum atomic E-state index is -4.36. The molecule has 0 radical (unpaired) electrons. The minimum absolute atomic E-state index is 0.00759. The van der Waals surface area contributed by atoms with Crippen LogP contribution in [-0.2, 0) is 25.0 Å². The first kappa shape index (κ1) is 24.8. The Balaban J connectivity index is 1.73. The third-order valence-corrected chi connectivity index (χ3v) is 7.92. The summed E-state index contributed by atoms with van der Waals surface area (Å²) in [7, 11) is -7.04. The van der Waals surface area contributed by atoms with Crippen molar-refractivity contribution in [3.05, 3.63) is 42.1 Å². The minimum Gasteiger partial charge on any atom is -0.341 e. The van der Waals surface area contributed by atoms with Gasteiger partial charge in [0.1, 0.15) is 16.5 Å². The number of sulfonamides is 1. The highest BCUT2D eigenvalue weighted by atomic mass is 32.2. The van der Waals surface area contributed by atoms with Crippen LogP contribution in [0.2, 0.25) is 0 Å². The van der Waals surface area contributed by atoms with Gasteiger partial charge in [-0.25, -0.2) is 9.71 Å². The van der Waals surface area contributed by atoms with Gasteiger partial charge in [-0.3, -0.25) is 19.2 Å². The molecule has 1 amide bonds. The molecule has 3 N–H and O–H groups in total. The predicted molar refractivity (Wildman–Crippen MR) is 130 cm³/mol. The summed E-state index contributed by atoms with van der Waals surface area (Å²) in [5.41, 5.74) is 0.255. The average Bonchev–Trinajstić information content (AvgIpc) is 2.79. The monoisotopic (exact) mass is 520 g/mol. The number of carbonyl (C=O) groups is 2. The van der Waals surface area contributed by atoms with Gasteiger partial charge in [0, 0.05) is 19.8 Å². The molecule has 35 heavy (non-hydrogen) atoms. The summed E-state index contributed by atoms with van der Waals surface area (Å²) < 4.78 is 57.5. The van der Waals surface area contributed by atoms with Crippen molar-refractivity contribution in [2.45, 2.75) is 25.2 Å². The Morgan fingerprint density at radius 2 is 1.94 bits per heavy atom. The lowest BCUT2D eigenvalue weighted by Gasteiger charge is -2.34. The number of amidine groups is 1. The van der Waals surface area contributed by atoms with Crippen LogP contribution in [0.3, 0.4) is 0 Å². The molecule has 186 valence electrons. The summed E-state index contributed by atoms with van der Waals surface area (Å²) in [5, 5.41) is 2.79. The highest BCUT2D eigenvalue weighted by molar-refractivity contribution is 7.91. The maximum atomic E-state index is 13.4. The predicted octanol–water partition coefficient (Wildman–Crippen LogP) is 1.36. The number of Topliss-reactive ketones (excluding diaryl/α,β-unsaturated/α-hetero) is 1. The Labute approximate surface area is 203 Å². The van der Waals surface area contributed by atoms with Crippen LogP contribution in [0, 0.1) is 11.8 Å². The van der Waals surface area contributed by atoms with Crippen LogP contribution in [0.25, 0.3) is 0 Å². The second-order valence-electron chi connectivity index (χ2n) is 8.44. The number of rotatable bonds is 7. The standard InChI is InChI=1S/C21H24N6O6S2/c1-12(2)8-10-27-20-14(5-4-9-23-20)18(28)17(21(27)29)19-24-15-7-6-13(25-35(32,33)22-3)11-16(15)34(30,31)26-19/h4-7,9,11-12,17,22,25H,8,10H2,1-3H3,(H,24,26). The van der Waals surface area contributed by atoms with E-state index in [1.165, 1.54) is 30.3 Å². The van der Waals surface area contributed by atoms with Crippen molar-refractivity contribution in [3.63, 3.8) is 0 Å². The molecule has 2 aromatic rings. The zero-order valence-corrected chi connectivity index (χ0v) is 20.8. The molecule has 0 saturated heterocycles. The van der Waals surface area contributed by atoms with Gasteiger partial charge in [0.05, 0.1) is 16.9 Å². The maximum Gasteiger partial charge on any atom is 0.298 e. The number of aromatic nitrogens is 1. The molecule has 0 spiro atoms. The van der Waals surface area contributed by atoms with E-state index in [9.17, 15) is 26.4 Å². The summed E-state index contributed by atoms with van der Waals surface area (Å²) in [4.78, 5) is 32.0. The Hall–Kier alpha value is -3.36. The van der Waals surface area contributed by atoms with Crippen LogP contribution in [0.1, 0.15) is 30.6 Å². The van der Waals surface area contributed by atoms with E-state index in [4.69, 9.17) is 0 Å². The van der Waals surface area contributed by atoms with E-state index >= 15 is 0 Å². The second-order valence-corrected chi connectivity index (χ2v) is 11.6. The van der Waals surface area contributed by atoms with E-state index in [1.807, 2.05) is 13.8 Å². The number of hydrogen-bond acceptors (Lipinski definition) is 8. The van der Waals surface area contributed by atoms with Gasteiger partial charge in [-0.05, 0) is 42.7 Å². The van der Waals surface area contributed by atoms with Gasteiger partial charge in [-0.1, -0.05) is 13.8 Å². The van der Waals surface area contributed by atoms with Gasteiger partial charge in [-0.2, -0.15) is 16.8 Å². The topological polar surface area (TPSA) is 167 Å². The number of anilines is 3. The number of nitrogens with one attached hydrogen (secondary N) is 3. The molecule has 0 bridgehead atoms. The molecule has 14 heteroatoms. The molecule has 1 aromatic carbocycles. The van der Waals surface area contributed by atoms with Crippen molar-refractivity contribution in [1.29, 1.82) is 0 Å². The molecule has 1 atom stereocenters. The van der Waals surface area contributed by atoms with Crippen molar-refractivity contribution in [2.24, 2.45) is 16.2 Å². The van der Waals surface area contributed by atoms with Crippen molar-refractivity contribution >= 4 is 55.0 Å². The number of benzene rings is 1. The van der Waals surface area contributed by atoms with Crippen LogP contribution in [-0.4, -0.2) is 52.9 Å². The second kappa shape index (κ2) is 9.02. The number of ketones is 1. The SMILES string of the molecule is CNS(=O)(=O)Nc1ccc2c(c1)S(=O)(=O)N=C(C1C(=O)c3cccnc3N(CCC(C)C)C1=O)N2. The van der Waals surface area contributed by atoms with E-state index in [-0.39, 0.29) is 39.4 Å². The largest absolute Gasteiger partial charge is 0.341 e. The summed E-state index contributed by atoms with van der Waals surface area (Å²) in [6.45, 7) is 4.30. The zero-order chi connectivity index (χ0) is 25.5. The third-order valence-electron chi connectivity index (χ3n) is 5.55. The lowest BCUT2D eigenvalue weighted by molar-refractivity contribution is -0.119. The van der Waals surface area contributed by atoms with Crippen molar-refractivity contribution in [2.75, 3.05) is 28.5 Å². The molecule has 4 rings (SSSR count). The molecule has 1 aromatic heterocycles. The molecule has 12 nitrogen and oxygen atoms in total. The number of hydrogen-bond donors (Lipinski definition) is 3. The van der Waals surface area contributed by atoms with E-state index < -0.39 is 37.8 Å². The summed E-state index contributed by atoms with van der Waals surface area (Å²) in [6.07, 6.45) is 2.13. The Bertz CT molecular complexity index is 1450. The smallest absolute Gasteiger partial charge is 0.298 e. The highest BCUT2D eigenvalue weighted by Gasteiger charge is 2.45. The fraction of sp³-hybridized carbons (Fsp3) is 0.333. The van der Waals surface area contributed by atoms with Crippen LogP contribution >= 0.6 is 0 Å². The van der Waals surface area contributed by atoms with Gasteiger partial charge in [0.25, 0.3) is 20.2 Å². The number of carbonyl (C=O) groups excluding carboxylic acids is 2. The van der Waals surface area contributed by atoms with Crippen LogP contribution in [0.15, 0.2) is 45.8 Å². The molecule has 0 fully saturated rings. The fourth-order valence-corrected chi connectivity index (χ4v) is 5.47. The summed E-state index contributed by atoms with van der Waals surface area (Å²) >= 11 is 0. The highest BCUT2D eigenvalue weighted by Crippen LogP contribution is 2.35. The van der Waals surface area contributed by atoms with Gasteiger partial charge in [-0.15, -0.1) is 4.40 Å². The summed E-state index contributed by atoms with van der Waals surface area (Å²) in [5.74, 6) is -2.53. The molecule has 0 aliphatic carbocycles. The molecular weight excluding hydrogens is 496 g/mol. The quantitative estimate of drug-likeness (QED) is 0.460. The molecule has 0 saturated carbocycles. The van der Waals surface area contributed by atoms with Crippen LogP contribution in [0.5, 0.6) is 0 Å². The van der Waals surface area contributed by atoms with Gasteiger partial charge < -0.3 is 5.32 Å². The van der Waals surface area contributed by atoms with E-state index in [2.05, 4.69) is 24.1 Å². The molecule has 1 unspecified atom stereocenters. The first-order valence-corrected chi connectivity index (χ1v) is 13.6. The van der Waals surface area contributed by atoms with Gasteiger partial charge >= 0.3 is 0 Å². The normalized spacial score (nSPS) is 19.0. The van der Waals surface area contributed by atoms with E-state index in [1.54, 1.807) is 12.1 Å².